The van der Waals surface area contributed by atoms with Crippen LogP contribution in [0.3, 0.4) is 0 Å². The van der Waals surface area contributed by atoms with Crippen molar-refractivity contribution in [2.45, 2.75) is 172 Å². The summed E-state index contributed by atoms with van der Waals surface area (Å²) in [6.45, 7) is 9.49. The van der Waals surface area contributed by atoms with Gasteiger partial charge in [0, 0.05) is 58.2 Å². The van der Waals surface area contributed by atoms with E-state index in [1.165, 1.54) is 0 Å². The highest BCUT2D eigenvalue weighted by molar-refractivity contribution is 5.99. The number of rotatable bonds is 13. The van der Waals surface area contributed by atoms with Crippen molar-refractivity contribution in [3.05, 3.63) is 47.5 Å². The summed E-state index contributed by atoms with van der Waals surface area (Å²) in [5, 5.41) is 16.5. The lowest BCUT2D eigenvalue weighted by Crippen LogP contribution is -2.59. The molecule has 3 saturated heterocycles. The highest BCUT2D eigenvalue weighted by Crippen LogP contribution is 2.57. The average Bonchev–Trinajstić information content (AvgIpc) is 3.83. The molecule has 5 fully saturated rings. The van der Waals surface area contributed by atoms with Crippen molar-refractivity contribution >= 4 is 11.8 Å². The number of methoxy groups -OCH3 is 3. The molecule has 0 spiro atoms. The van der Waals surface area contributed by atoms with E-state index in [9.17, 15) is 9.90 Å². The molecule has 3 heterocycles. The Morgan fingerprint density at radius 1 is 0.919 bits per heavy atom. The maximum Gasteiger partial charge on any atom is 0.306 e. The Labute approximate surface area is 370 Å². The Kier molecular flexibility index (Phi) is 16.1. The number of nitrogens with zero attached hydrogens (tertiary/aromatic N) is 1. The molecule has 1 aromatic carbocycles. The number of ketones is 1. The van der Waals surface area contributed by atoms with Crippen molar-refractivity contribution in [3.63, 3.8) is 0 Å². The summed E-state index contributed by atoms with van der Waals surface area (Å²) in [5.41, 5.74) is 1.39. The van der Waals surface area contributed by atoms with Gasteiger partial charge in [0.05, 0.1) is 36.4 Å². The van der Waals surface area contributed by atoms with E-state index in [-0.39, 0.29) is 84.0 Å². The molecule has 4 unspecified atom stereocenters. The third kappa shape index (κ3) is 10.4. The Morgan fingerprint density at radius 2 is 1.65 bits per heavy atom. The summed E-state index contributed by atoms with van der Waals surface area (Å²) < 4.78 is 50.6. The summed E-state index contributed by atoms with van der Waals surface area (Å²) in [4.78, 5) is 31.2. The smallest absolute Gasteiger partial charge is 0.306 e. The van der Waals surface area contributed by atoms with Crippen molar-refractivity contribution in [2.75, 3.05) is 42.0 Å². The highest BCUT2D eigenvalue weighted by atomic mass is 16.7. The number of nitrogens with one attached hydrogen (secondary N) is 1. The van der Waals surface area contributed by atoms with Crippen molar-refractivity contribution in [2.24, 2.45) is 35.5 Å². The molecular formula is C49H76N2O11. The zero-order valence-corrected chi connectivity index (χ0v) is 38.7. The van der Waals surface area contributed by atoms with Gasteiger partial charge in [-0.05, 0) is 115 Å². The molecule has 0 aromatic heterocycles. The Bertz CT molecular complexity index is 1660. The number of cyclic esters (lactones) is 1. The van der Waals surface area contributed by atoms with E-state index in [0.29, 0.717) is 44.2 Å². The van der Waals surface area contributed by atoms with Gasteiger partial charge in [-0.25, -0.2) is 0 Å². The molecule has 2 N–H and O–H groups in total. The number of ether oxygens (including phenoxy) is 8. The van der Waals surface area contributed by atoms with Gasteiger partial charge in [0.25, 0.3) is 0 Å². The maximum absolute atomic E-state index is 15.1. The van der Waals surface area contributed by atoms with Gasteiger partial charge in [-0.2, -0.15) is 0 Å². The summed E-state index contributed by atoms with van der Waals surface area (Å²) in [5.74, 6) is -1.78. The third-order valence-electron chi connectivity index (χ3n) is 15.2. The largest absolute Gasteiger partial charge is 0.462 e. The van der Waals surface area contributed by atoms with Gasteiger partial charge in [0.1, 0.15) is 24.4 Å². The summed E-state index contributed by atoms with van der Waals surface area (Å²) in [6, 6.07) is 9.88. The minimum atomic E-state index is -0.844. The number of Topliss-reactive ketones (excluding diaryl/α,β-unsaturated/α-hetero) is 1. The summed E-state index contributed by atoms with van der Waals surface area (Å²) >= 11 is 0. The molecule has 0 amide bonds. The quantitative estimate of drug-likeness (QED) is 0.230. The van der Waals surface area contributed by atoms with Crippen molar-refractivity contribution in [3.8, 4) is 0 Å². The summed E-state index contributed by atoms with van der Waals surface area (Å²) in [7, 11) is 9.05. The number of aliphatic hydroxyl groups excluding tert-OH is 1. The number of likely N-dealkylation sites (N-methyl/N-ethyl adjacent to an activating group) is 1. The molecular weight excluding hydrogens is 793 g/mol. The van der Waals surface area contributed by atoms with Crippen LogP contribution in [0.2, 0.25) is 0 Å². The zero-order valence-electron chi connectivity index (χ0n) is 38.7. The average molecular weight is 869 g/mol. The minimum Gasteiger partial charge on any atom is -0.462 e. The van der Waals surface area contributed by atoms with E-state index in [1.807, 2.05) is 39.0 Å². The third-order valence-corrected chi connectivity index (χ3v) is 15.2. The fraction of sp³-hybridized carbons (Fsp3) is 0.796. The number of benzene rings is 1. The SMILES string of the molecule is CC[C@H]1CCC[C@H](O[C@H]2CCCC(C)(CN(C)C)O2)[C@@H](C)C(=O)C2=C[C@H]3[C@@H]4C[C@H](O[C@@H]5OC(C)[C@H](OC)C(OC)C5OC)C[C@H]4[C@H](NCc4ccccc4)[C@@H](O)[C@H]3[C@@H]2CC(=O)O1. The molecule has 7 rings (SSSR count). The predicted octanol–water partition coefficient (Wildman–Crippen LogP) is 5.84. The summed E-state index contributed by atoms with van der Waals surface area (Å²) in [6.07, 6.45) is 4.69. The van der Waals surface area contributed by atoms with Gasteiger partial charge in [-0.3, -0.25) is 9.59 Å². The molecule has 1 aromatic rings. The molecule has 348 valence electrons. The van der Waals surface area contributed by atoms with Crippen LogP contribution in [-0.2, 0) is 54.0 Å². The van der Waals surface area contributed by atoms with E-state index in [0.717, 1.165) is 37.8 Å². The lowest BCUT2D eigenvalue weighted by atomic mass is 9.62. The van der Waals surface area contributed by atoms with Crippen LogP contribution in [-0.4, -0.2) is 137 Å². The van der Waals surface area contributed by atoms with Gasteiger partial charge >= 0.3 is 5.97 Å². The molecule has 62 heavy (non-hydrogen) atoms. The van der Waals surface area contributed by atoms with Gasteiger partial charge in [0.2, 0.25) is 0 Å². The van der Waals surface area contributed by atoms with E-state index in [2.05, 4.69) is 49.4 Å². The Hall–Kier alpha value is -2.30. The van der Waals surface area contributed by atoms with E-state index in [1.54, 1.807) is 21.3 Å². The van der Waals surface area contributed by atoms with Crippen LogP contribution < -0.4 is 5.32 Å². The van der Waals surface area contributed by atoms with E-state index < -0.39 is 42.7 Å². The molecule has 3 aliphatic carbocycles. The van der Waals surface area contributed by atoms with E-state index in [4.69, 9.17) is 37.9 Å². The zero-order chi connectivity index (χ0) is 44.3. The first-order chi connectivity index (χ1) is 29.8. The highest BCUT2D eigenvalue weighted by Gasteiger charge is 2.60. The van der Waals surface area contributed by atoms with E-state index >= 15 is 4.79 Å². The topological polar surface area (TPSA) is 143 Å². The molecule has 13 heteroatoms. The number of carbonyl (C=O) groups excluding carboxylic acids is 2. The number of carbonyl (C=O) groups is 2. The fourth-order valence-corrected chi connectivity index (χ4v) is 12.4. The van der Waals surface area contributed by atoms with Crippen LogP contribution in [0.25, 0.3) is 0 Å². The lowest BCUT2D eigenvalue weighted by Gasteiger charge is -2.47. The second-order valence-electron chi connectivity index (χ2n) is 19.7. The first-order valence-corrected chi connectivity index (χ1v) is 23.6. The van der Waals surface area contributed by atoms with Crippen LogP contribution >= 0.6 is 0 Å². The number of allylic oxidation sites excluding steroid dienone is 2. The number of aliphatic hydroxyl groups is 1. The van der Waals surface area contributed by atoms with Crippen molar-refractivity contribution in [1.29, 1.82) is 0 Å². The van der Waals surface area contributed by atoms with Gasteiger partial charge < -0.3 is 53.2 Å². The Balaban J connectivity index is 1.19. The number of esters is 1. The molecule has 6 aliphatic rings. The normalized spacial score (nSPS) is 42.9. The lowest BCUT2D eigenvalue weighted by molar-refractivity contribution is -0.314. The first kappa shape index (κ1) is 47.7. The van der Waals surface area contributed by atoms with Crippen molar-refractivity contribution < 1.29 is 52.6 Å². The van der Waals surface area contributed by atoms with Gasteiger partial charge in [-0.1, -0.05) is 50.3 Å². The Morgan fingerprint density at radius 3 is 2.34 bits per heavy atom. The van der Waals surface area contributed by atoms with Crippen LogP contribution in [0.1, 0.15) is 97.5 Å². The molecule has 0 bridgehead atoms. The minimum absolute atomic E-state index is 0.0177. The van der Waals surface area contributed by atoms with Crippen molar-refractivity contribution in [1.82, 2.24) is 10.2 Å². The van der Waals surface area contributed by atoms with Gasteiger partial charge in [0.15, 0.2) is 18.4 Å². The number of fused-ring (bicyclic) bond motifs is 5. The fourth-order valence-electron chi connectivity index (χ4n) is 12.4. The monoisotopic (exact) mass is 869 g/mol. The number of hydrogen-bond donors (Lipinski definition) is 2. The van der Waals surface area contributed by atoms with Crippen LogP contribution in [0.4, 0.5) is 0 Å². The second kappa shape index (κ2) is 20.9. The molecule has 13 nitrogen and oxygen atoms in total. The van der Waals surface area contributed by atoms with Crippen LogP contribution in [0.5, 0.6) is 0 Å². The number of hydrogen-bond acceptors (Lipinski definition) is 13. The first-order valence-electron chi connectivity index (χ1n) is 23.6. The van der Waals surface area contributed by atoms with Crippen LogP contribution in [0, 0.1) is 35.5 Å². The van der Waals surface area contributed by atoms with Crippen LogP contribution in [0.15, 0.2) is 42.0 Å². The molecule has 18 atom stereocenters. The standard InChI is InChI=1S/C49H76N2O11/c1-10-31-18-14-19-38(61-40-20-15-21-49(4,62-40)27-51(5)6)28(2)43(53)37-24-34-33-22-32(60-48-47(57-9)46(56-8)45(55-7)29(3)58-48)23-36(33)42(50-26-30-16-12-11-13-17-30)44(54)41(34)35(37)25-39(52)59-31/h11-13,16-17,24,28-29,31-36,38,40-42,44-48,50,54H,10,14-15,18-23,25-27H2,1-9H3/t28-,29?,31+,32+,33+,34+,35-,36-,38+,40-,41-,42+,44+,45+,46?,47?,48+,49?/m1/s1. The molecule has 2 saturated carbocycles. The molecule has 3 aliphatic heterocycles. The predicted molar refractivity (Wildman–Crippen MR) is 233 cm³/mol. The van der Waals surface area contributed by atoms with Gasteiger partial charge in [-0.15, -0.1) is 0 Å². The molecule has 0 radical (unpaired) electrons. The second-order valence-corrected chi connectivity index (χ2v) is 19.7. The maximum atomic E-state index is 15.1.